The highest BCUT2D eigenvalue weighted by molar-refractivity contribution is 5.99. The molecule has 0 bridgehead atoms. The Bertz CT molecular complexity index is 1500. The number of aromatic nitrogens is 1. The Hall–Kier alpha value is -4.42. The summed E-state index contributed by atoms with van der Waals surface area (Å²) in [6, 6.07) is 6.71. The molecule has 246 valence electrons. The van der Waals surface area contributed by atoms with E-state index in [0.717, 1.165) is 50.5 Å². The maximum absolute atomic E-state index is 13.2. The van der Waals surface area contributed by atoms with Crippen LogP contribution >= 0.6 is 0 Å². The highest BCUT2D eigenvalue weighted by Gasteiger charge is 2.36. The summed E-state index contributed by atoms with van der Waals surface area (Å²) in [4.78, 5) is 73.7. The van der Waals surface area contributed by atoms with Crippen molar-refractivity contribution in [3.8, 4) is 5.75 Å². The van der Waals surface area contributed by atoms with Gasteiger partial charge >= 0.3 is 6.09 Å². The minimum Gasteiger partial charge on any atom is -0.483 e. The Morgan fingerprint density at radius 3 is 2.30 bits per heavy atom. The molecule has 4 aliphatic rings. The van der Waals surface area contributed by atoms with Crippen molar-refractivity contribution in [2.24, 2.45) is 0 Å². The number of hydrogen-bond donors (Lipinski definition) is 2. The first kappa shape index (κ1) is 31.6. The van der Waals surface area contributed by atoms with E-state index in [9.17, 15) is 24.0 Å². The fraction of sp³-hybridized carbons (Fsp3) is 0.576. The number of pyridine rings is 1. The molecule has 1 atom stereocenters. The smallest absolute Gasteiger partial charge is 0.410 e. The molecule has 0 spiro atoms. The largest absolute Gasteiger partial charge is 0.483 e. The van der Waals surface area contributed by atoms with Gasteiger partial charge in [-0.3, -0.25) is 19.2 Å². The van der Waals surface area contributed by atoms with Crippen molar-refractivity contribution in [1.29, 1.82) is 0 Å². The number of carbonyl (C=O) groups excluding carboxylic acids is 5. The van der Waals surface area contributed by atoms with Gasteiger partial charge in [-0.25, -0.2) is 9.78 Å². The lowest BCUT2D eigenvalue weighted by atomic mass is 9.93. The summed E-state index contributed by atoms with van der Waals surface area (Å²) in [6.45, 7) is 3.34. The number of fused-ring (bicyclic) bond motifs is 1. The molecular formula is C33H42N6O7. The van der Waals surface area contributed by atoms with Crippen molar-refractivity contribution in [2.45, 2.75) is 76.5 Å². The molecular weight excluding hydrogens is 592 g/mol. The van der Waals surface area contributed by atoms with Crippen molar-refractivity contribution in [1.82, 2.24) is 30.3 Å². The third-order valence-corrected chi connectivity index (χ3v) is 9.45. The lowest BCUT2D eigenvalue weighted by Crippen LogP contribution is -2.53. The molecule has 3 heterocycles. The van der Waals surface area contributed by atoms with Gasteiger partial charge in [-0.2, -0.15) is 0 Å². The summed E-state index contributed by atoms with van der Waals surface area (Å²) < 4.78 is 11.4. The van der Waals surface area contributed by atoms with Gasteiger partial charge in [-0.15, -0.1) is 0 Å². The average molecular weight is 635 g/mol. The van der Waals surface area contributed by atoms with Gasteiger partial charge in [0.15, 0.2) is 6.61 Å². The van der Waals surface area contributed by atoms with Gasteiger partial charge in [-0.05, 0) is 76.0 Å². The van der Waals surface area contributed by atoms with Crippen LogP contribution in [-0.4, -0.2) is 113 Å². The van der Waals surface area contributed by atoms with Crippen molar-refractivity contribution in [3.05, 3.63) is 35.5 Å². The predicted molar refractivity (Wildman–Crippen MR) is 167 cm³/mol. The molecule has 46 heavy (non-hydrogen) atoms. The molecule has 13 nitrogen and oxygen atoms in total. The number of nitrogens with one attached hydrogen (secondary N) is 2. The van der Waals surface area contributed by atoms with Crippen molar-refractivity contribution < 1.29 is 33.4 Å². The number of benzene rings is 1. The van der Waals surface area contributed by atoms with Gasteiger partial charge in [0.05, 0.1) is 12.1 Å². The summed E-state index contributed by atoms with van der Waals surface area (Å²) in [7, 11) is 0. The van der Waals surface area contributed by atoms with Crippen LogP contribution in [-0.2, 0) is 19.1 Å². The number of nitrogens with zero attached hydrogens (tertiary/aromatic N) is 4. The quantitative estimate of drug-likeness (QED) is 0.426. The summed E-state index contributed by atoms with van der Waals surface area (Å²) >= 11 is 0. The minimum absolute atomic E-state index is 0.00774. The normalized spacial score (nSPS) is 20.1. The van der Waals surface area contributed by atoms with E-state index in [2.05, 4.69) is 15.6 Å². The van der Waals surface area contributed by atoms with Crippen LogP contribution in [0.1, 0.15) is 67.4 Å². The number of ether oxygens (including phenoxy) is 2. The van der Waals surface area contributed by atoms with Crippen LogP contribution in [0.3, 0.4) is 0 Å². The zero-order valence-corrected chi connectivity index (χ0v) is 26.3. The van der Waals surface area contributed by atoms with Gasteiger partial charge < -0.3 is 34.8 Å². The topological polar surface area (TPSA) is 150 Å². The fourth-order valence-electron chi connectivity index (χ4n) is 6.15. The van der Waals surface area contributed by atoms with E-state index in [-0.39, 0.29) is 54.8 Å². The van der Waals surface area contributed by atoms with Crippen LogP contribution in [0.5, 0.6) is 5.75 Å². The summed E-state index contributed by atoms with van der Waals surface area (Å²) in [5, 5.41) is 6.35. The maximum atomic E-state index is 13.2. The number of hydrogen-bond acceptors (Lipinski definition) is 8. The van der Waals surface area contributed by atoms with Crippen LogP contribution in [0.25, 0.3) is 10.9 Å². The molecule has 5 amide bonds. The molecule has 2 saturated carbocycles. The first-order chi connectivity index (χ1) is 22.2. The SMILES string of the molecule is Cc1ccc2c(OCC(=O)N3CCC[C@H]3C(=O)NC3CCC3)cc(C(=O)NCC(=O)N3CCN(C(=O)OC4CCC4)CC3)nc2c1. The van der Waals surface area contributed by atoms with E-state index in [0.29, 0.717) is 55.8 Å². The first-order valence-electron chi connectivity index (χ1n) is 16.4. The Labute approximate surface area is 267 Å². The van der Waals surface area contributed by atoms with Crippen LogP contribution in [0.4, 0.5) is 4.79 Å². The predicted octanol–water partition coefficient (Wildman–Crippen LogP) is 2.14. The number of amides is 5. The Morgan fingerprint density at radius 2 is 1.61 bits per heavy atom. The van der Waals surface area contributed by atoms with Gasteiger partial charge in [0.1, 0.15) is 23.6 Å². The van der Waals surface area contributed by atoms with Crippen molar-refractivity contribution in [2.75, 3.05) is 45.9 Å². The molecule has 0 unspecified atom stereocenters. The number of rotatable bonds is 9. The Kier molecular flexibility index (Phi) is 9.55. The number of carbonyl (C=O) groups is 5. The molecule has 0 radical (unpaired) electrons. The van der Waals surface area contributed by atoms with Gasteiger partial charge in [-0.1, -0.05) is 6.07 Å². The number of likely N-dealkylation sites (tertiary alicyclic amines) is 1. The average Bonchev–Trinajstić information content (AvgIpc) is 3.52. The number of piperazine rings is 1. The fourth-order valence-corrected chi connectivity index (χ4v) is 6.15. The molecule has 1 aromatic carbocycles. The summed E-state index contributed by atoms with van der Waals surface area (Å²) in [5.41, 5.74) is 1.50. The molecule has 2 aliphatic heterocycles. The van der Waals surface area contributed by atoms with Crippen molar-refractivity contribution in [3.63, 3.8) is 0 Å². The molecule has 2 aliphatic carbocycles. The monoisotopic (exact) mass is 634 g/mol. The second kappa shape index (κ2) is 13.9. The zero-order chi connectivity index (χ0) is 32.2. The van der Waals surface area contributed by atoms with Gasteiger partial charge in [0.25, 0.3) is 11.8 Å². The molecule has 2 aromatic rings. The van der Waals surface area contributed by atoms with Crippen LogP contribution in [0.15, 0.2) is 24.3 Å². The number of aryl methyl sites for hydroxylation is 1. The van der Waals surface area contributed by atoms with Crippen LogP contribution < -0.4 is 15.4 Å². The molecule has 13 heteroatoms. The minimum atomic E-state index is -0.553. The molecule has 6 rings (SSSR count). The van der Waals surface area contributed by atoms with Gasteiger partial charge in [0.2, 0.25) is 11.8 Å². The molecule has 4 fully saturated rings. The zero-order valence-electron chi connectivity index (χ0n) is 26.3. The van der Waals surface area contributed by atoms with E-state index in [1.54, 1.807) is 14.7 Å². The van der Waals surface area contributed by atoms with E-state index < -0.39 is 11.9 Å². The molecule has 2 N–H and O–H groups in total. The highest BCUT2D eigenvalue weighted by Crippen LogP contribution is 2.28. The third-order valence-electron chi connectivity index (χ3n) is 9.45. The lowest BCUT2D eigenvalue weighted by molar-refractivity contribution is -0.140. The lowest BCUT2D eigenvalue weighted by Gasteiger charge is -2.36. The van der Waals surface area contributed by atoms with Crippen molar-refractivity contribution >= 4 is 40.6 Å². The van der Waals surface area contributed by atoms with E-state index >= 15 is 0 Å². The highest BCUT2D eigenvalue weighted by atomic mass is 16.6. The second-order valence-electron chi connectivity index (χ2n) is 12.7. The van der Waals surface area contributed by atoms with E-state index in [1.807, 2.05) is 25.1 Å². The van der Waals surface area contributed by atoms with E-state index in [4.69, 9.17) is 9.47 Å². The Balaban J connectivity index is 1.05. The molecule has 2 saturated heterocycles. The third kappa shape index (κ3) is 7.18. The van der Waals surface area contributed by atoms with E-state index in [1.165, 1.54) is 6.07 Å². The van der Waals surface area contributed by atoms with Crippen LogP contribution in [0.2, 0.25) is 0 Å². The van der Waals surface area contributed by atoms with Crippen LogP contribution in [0, 0.1) is 6.92 Å². The second-order valence-corrected chi connectivity index (χ2v) is 12.7. The first-order valence-corrected chi connectivity index (χ1v) is 16.4. The summed E-state index contributed by atoms with van der Waals surface area (Å²) in [6.07, 6.45) is 6.98. The summed E-state index contributed by atoms with van der Waals surface area (Å²) in [5.74, 6) is -0.906. The Morgan fingerprint density at radius 1 is 0.870 bits per heavy atom. The molecule has 1 aromatic heterocycles. The van der Waals surface area contributed by atoms with Gasteiger partial charge in [0, 0.05) is 50.2 Å². The maximum Gasteiger partial charge on any atom is 0.410 e. The standard InChI is InChI=1S/C33H42N6O7/c1-21-10-11-24-25(17-21)36-26(18-28(24)45-20-30(41)39-12-4-9-27(39)32(43)35-22-5-2-6-22)31(42)34-19-29(40)37-13-15-38(16-14-37)33(44)46-23-7-3-8-23/h10-11,17-18,22-23,27H,2-9,12-16,19-20H2,1H3,(H,34,42)(H,35,43)/t27-/m0/s1.